The van der Waals surface area contributed by atoms with Crippen molar-refractivity contribution in [3.8, 4) is 0 Å². The van der Waals surface area contributed by atoms with Crippen LogP contribution in [0.5, 0.6) is 0 Å². The van der Waals surface area contributed by atoms with Crippen LogP contribution in [0.25, 0.3) is 0 Å². The highest BCUT2D eigenvalue weighted by Gasteiger charge is 2.36. The summed E-state index contributed by atoms with van der Waals surface area (Å²) in [6.07, 6.45) is 6.10. The molecule has 18 heavy (non-hydrogen) atoms. The molecule has 1 unspecified atom stereocenters. The Morgan fingerprint density at radius 3 is 2.50 bits per heavy atom. The lowest BCUT2D eigenvalue weighted by Crippen LogP contribution is -2.53. The van der Waals surface area contributed by atoms with E-state index in [1.54, 1.807) is 0 Å². The van der Waals surface area contributed by atoms with Gasteiger partial charge in [-0.1, -0.05) is 19.3 Å². The largest absolute Gasteiger partial charge is 0.394 e. The molecule has 0 aromatic rings. The van der Waals surface area contributed by atoms with Gasteiger partial charge in [-0.05, 0) is 25.7 Å². The van der Waals surface area contributed by atoms with Gasteiger partial charge in [-0.2, -0.15) is 0 Å². The van der Waals surface area contributed by atoms with Crippen molar-refractivity contribution < 1.29 is 18.3 Å². The van der Waals surface area contributed by atoms with Gasteiger partial charge in [0, 0.05) is 6.61 Å². The van der Waals surface area contributed by atoms with Crippen LogP contribution in [0.1, 0.15) is 44.9 Å². The van der Waals surface area contributed by atoms with Crippen LogP contribution in [-0.4, -0.2) is 44.1 Å². The number of rotatable bonds is 5. The Bertz CT molecular complexity index is 356. The third-order valence-corrected chi connectivity index (χ3v) is 5.47. The van der Waals surface area contributed by atoms with Crippen molar-refractivity contribution in [2.24, 2.45) is 0 Å². The molecule has 6 heteroatoms. The van der Waals surface area contributed by atoms with Crippen molar-refractivity contribution >= 4 is 10.0 Å². The molecule has 0 spiro atoms. The second-order valence-corrected chi connectivity index (χ2v) is 7.28. The Kier molecular flexibility index (Phi) is 4.64. The highest BCUT2D eigenvalue weighted by Crippen LogP contribution is 2.28. The quantitative estimate of drug-likeness (QED) is 0.778. The van der Waals surface area contributed by atoms with E-state index in [-0.39, 0.29) is 18.5 Å². The Morgan fingerprint density at radius 1 is 1.22 bits per heavy atom. The molecule has 2 aliphatic rings. The first kappa shape index (κ1) is 14.2. The zero-order valence-electron chi connectivity index (χ0n) is 10.7. The molecule has 0 aromatic heterocycles. The highest BCUT2D eigenvalue weighted by atomic mass is 32.2. The maximum absolute atomic E-state index is 12.1. The fourth-order valence-corrected chi connectivity index (χ4v) is 4.68. The van der Waals surface area contributed by atoms with Gasteiger partial charge in [0.2, 0.25) is 10.0 Å². The lowest BCUT2D eigenvalue weighted by Gasteiger charge is -2.36. The minimum Gasteiger partial charge on any atom is -0.394 e. The summed E-state index contributed by atoms with van der Waals surface area (Å²) >= 11 is 0. The van der Waals surface area contributed by atoms with Gasteiger partial charge in [0.1, 0.15) is 0 Å². The molecule has 1 saturated heterocycles. The molecule has 0 radical (unpaired) electrons. The first-order valence-electron chi connectivity index (χ1n) is 6.79. The van der Waals surface area contributed by atoms with Gasteiger partial charge in [-0.15, -0.1) is 0 Å². The zero-order valence-corrected chi connectivity index (χ0v) is 11.5. The van der Waals surface area contributed by atoms with Crippen molar-refractivity contribution in [3.63, 3.8) is 0 Å². The van der Waals surface area contributed by atoms with Crippen molar-refractivity contribution in [1.29, 1.82) is 0 Å². The fourth-order valence-electron chi connectivity index (χ4n) is 2.91. The van der Waals surface area contributed by atoms with Crippen LogP contribution in [0.3, 0.4) is 0 Å². The smallest absolute Gasteiger partial charge is 0.214 e. The number of ether oxygens (including phenoxy) is 1. The lowest BCUT2D eigenvalue weighted by atomic mass is 9.83. The topological polar surface area (TPSA) is 75.6 Å². The minimum absolute atomic E-state index is 0.0226. The standard InChI is InChI=1S/C12H23NO4S/c14-10-12(6-2-1-3-7-12)13-18(15,16)9-11-5-4-8-17-11/h11,13-14H,1-10H2. The summed E-state index contributed by atoms with van der Waals surface area (Å²) < 4.78 is 32.3. The molecule has 2 N–H and O–H groups in total. The number of nitrogens with one attached hydrogen (secondary N) is 1. The molecular weight excluding hydrogens is 254 g/mol. The predicted molar refractivity (Wildman–Crippen MR) is 68.8 cm³/mol. The molecule has 2 rings (SSSR count). The molecule has 1 atom stereocenters. The molecule has 1 saturated carbocycles. The van der Waals surface area contributed by atoms with Crippen LogP contribution in [0.4, 0.5) is 0 Å². The molecule has 106 valence electrons. The average molecular weight is 277 g/mol. The van der Waals surface area contributed by atoms with Crippen molar-refractivity contribution in [2.45, 2.75) is 56.6 Å². The van der Waals surface area contributed by atoms with E-state index in [1.165, 1.54) is 0 Å². The van der Waals surface area contributed by atoms with Crippen LogP contribution < -0.4 is 4.72 Å². The van der Waals surface area contributed by atoms with E-state index in [4.69, 9.17) is 4.74 Å². The first-order valence-corrected chi connectivity index (χ1v) is 8.45. The molecule has 5 nitrogen and oxygen atoms in total. The number of sulfonamides is 1. The number of hydrogen-bond donors (Lipinski definition) is 2. The summed E-state index contributed by atoms with van der Waals surface area (Å²) in [6.45, 7) is 0.545. The second kappa shape index (κ2) is 5.86. The third kappa shape index (κ3) is 3.66. The Balaban J connectivity index is 1.96. The number of hydrogen-bond acceptors (Lipinski definition) is 4. The minimum atomic E-state index is -3.37. The van der Waals surface area contributed by atoms with E-state index in [9.17, 15) is 13.5 Å². The average Bonchev–Trinajstić information content (AvgIpc) is 2.81. The van der Waals surface area contributed by atoms with Gasteiger partial charge in [-0.25, -0.2) is 13.1 Å². The van der Waals surface area contributed by atoms with E-state index in [0.717, 1.165) is 44.9 Å². The fraction of sp³-hybridized carbons (Fsp3) is 1.00. The molecule has 1 heterocycles. The Hall–Kier alpha value is -0.170. The van der Waals surface area contributed by atoms with E-state index in [1.807, 2.05) is 0 Å². The van der Waals surface area contributed by atoms with Crippen LogP contribution in [-0.2, 0) is 14.8 Å². The summed E-state index contributed by atoms with van der Waals surface area (Å²) in [5, 5.41) is 9.51. The monoisotopic (exact) mass is 277 g/mol. The first-order chi connectivity index (χ1) is 8.55. The van der Waals surface area contributed by atoms with Crippen molar-refractivity contribution in [2.75, 3.05) is 19.0 Å². The summed E-state index contributed by atoms with van der Waals surface area (Å²) in [7, 11) is -3.37. The van der Waals surface area contributed by atoms with Crippen LogP contribution in [0, 0.1) is 0 Å². The van der Waals surface area contributed by atoms with E-state index in [2.05, 4.69) is 4.72 Å². The van der Waals surface area contributed by atoms with Gasteiger partial charge in [-0.3, -0.25) is 0 Å². The van der Waals surface area contributed by atoms with Crippen molar-refractivity contribution in [1.82, 2.24) is 4.72 Å². The van der Waals surface area contributed by atoms with Crippen LogP contribution in [0.2, 0.25) is 0 Å². The molecular formula is C12H23NO4S. The van der Waals surface area contributed by atoms with Crippen LogP contribution in [0.15, 0.2) is 0 Å². The summed E-state index contributed by atoms with van der Waals surface area (Å²) in [5.41, 5.74) is -0.629. The highest BCUT2D eigenvalue weighted by molar-refractivity contribution is 7.89. The van der Waals surface area contributed by atoms with E-state index < -0.39 is 15.6 Å². The molecule has 2 fully saturated rings. The Labute approximate surface area is 109 Å². The Morgan fingerprint density at radius 2 is 1.94 bits per heavy atom. The van der Waals surface area contributed by atoms with Crippen LogP contribution >= 0.6 is 0 Å². The molecule has 1 aliphatic heterocycles. The maximum atomic E-state index is 12.1. The molecule has 0 aromatic carbocycles. The lowest BCUT2D eigenvalue weighted by molar-refractivity contribution is 0.124. The van der Waals surface area contributed by atoms with Crippen molar-refractivity contribution in [3.05, 3.63) is 0 Å². The van der Waals surface area contributed by atoms with Gasteiger partial charge < -0.3 is 9.84 Å². The zero-order chi connectivity index (χ0) is 13.1. The summed E-state index contributed by atoms with van der Waals surface area (Å²) in [6, 6.07) is 0. The van der Waals surface area contributed by atoms with Gasteiger partial charge in [0.25, 0.3) is 0 Å². The summed E-state index contributed by atoms with van der Waals surface area (Å²) in [5.74, 6) is 0.0226. The van der Waals surface area contributed by atoms with Gasteiger partial charge in [0.15, 0.2) is 0 Å². The SMILES string of the molecule is O=S(=O)(CC1CCCO1)NC1(CO)CCCCC1. The summed E-state index contributed by atoms with van der Waals surface area (Å²) in [4.78, 5) is 0. The van der Waals surface area contributed by atoms with E-state index in [0.29, 0.717) is 6.61 Å². The predicted octanol–water partition coefficient (Wildman–Crippen LogP) is 0.780. The molecule has 0 amide bonds. The molecule has 1 aliphatic carbocycles. The second-order valence-electron chi connectivity index (χ2n) is 5.52. The molecule has 0 bridgehead atoms. The van der Waals surface area contributed by atoms with E-state index >= 15 is 0 Å². The number of aliphatic hydroxyl groups excluding tert-OH is 1. The third-order valence-electron chi connectivity index (χ3n) is 3.91. The van der Waals surface area contributed by atoms with Gasteiger partial charge in [0.05, 0.1) is 24.0 Å². The maximum Gasteiger partial charge on any atom is 0.214 e. The normalized spacial score (nSPS) is 28.4. The number of aliphatic hydroxyl groups is 1. The van der Waals surface area contributed by atoms with Gasteiger partial charge >= 0.3 is 0 Å².